The number of ether oxygens (including phenoxy) is 1. The van der Waals surface area contributed by atoms with Crippen molar-refractivity contribution in [3.8, 4) is 0 Å². The summed E-state index contributed by atoms with van der Waals surface area (Å²) in [5.41, 5.74) is 2.52. The van der Waals surface area contributed by atoms with Gasteiger partial charge < -0.3 is 4.74 Å². The number of halogens is 1. The molecule has 3 nitrogen and oxygen atoms in total. The van der Waals surface area contributed by atoms with Gasteiger partial charge in [0.05, 0.1) is 12.2 Å². The number of carbonyl (C=O) groups is 1. The summed E-state index contributed by atoms with van der Waals surface area (Å²) >= 11 is 1.57. The molecule has 2 aromatic rings. The van der Waals surface area contributed by atoms with E-state index in [0.717, 1.165) is 36.8 Å². The van der Waals surface area contributed by atoms with Gasteiger partial charge in [0.15, 0.2) is 0 Å². The van der Waals surface area contributed by atoms with E-state index < -0.39 is 0 Å². The van der Waals surface area contributed by atoms with Crippen molar-refractivity contribution in [1.29, 1.82) is 0 Å². The molecule has 0 saturated carbocycles. The van der Waals surface area contributed by atoms with Gasteiger partial charge >= 0.3 is 5.97 Å². The number of aryl methyl sites for hydroxylation is 1. The molecule has 23 heavy (non-hydrogen) atoms. The molecule has 0 radical (unpaired) electrons. The van der Waals surface area contributed by atoms with E-state index in [1.54, 1.807) is 36.6 Å². The fraction of sp³-hybridized carbons (Fsp3) is 0.333. The van der Waals surface area contributed by atoms with Crippen molar-refractivity contribution in [1.82, 2.24) is 0 Å². The van der Waals surface area contributed by atoms with Gasteiger partial charge in [-0.05, 0) is 55.9 Å². The normalized spacial score (nSPS) is 14.0. The van der Waals surface area contributed by atoms with E-state index in [1.807, 2.05) is 0 Å². The zero-order valence-corrected chi connectivity index (χ0v) is 13.8. The lowest BCUT2D eigenvalue weighted by Crippen LogP contribution is -2.09. The van der Waals surface area contributed by atoms with Crippen molar-refractivity contribution in [2.75, 3.05) is 6.61 Å². The molecule has 1 heterocycles. The number of fused-ring (bicyclic) bond motifs is 1. The van der Waals surface area contributed by atoms with Crippen LogP contribution in [0.2, 0.25) is 0 Å². The summed E-state index contributed by atoms with van der Waals surface area (Å²) in [5.74, 6) is -0.570. The summed E-state index contributed by atoms with van der Waals surface area (Å²) in [6.45, 7) is 2.16. The Labute approximate surface area is 138 Å². The molecule has 0 bridgehead atoms. The van der Waals surface area contributed by atoms with Gasteiger partial charge in [0.25, 0.3) is 0 Å². The number of benzene rings is 1. The van der Waals surface area contributed by atoms with E-state index in [4.69, 9.17) is 4.74 Å². The van der Waals surface area contributed by atoms with Crippen LogP contribution >= 0.6 is 11.3 Å². The third-order valence-electron chi connectivity index (χ3n) is 3.83. The molecular weight excluding hydrogens is 313 g/mol. The first kappa shape index (κ1) is 15.9. The Morgan fingerprint density at radius 3 is 2.78 bits per heavy atom. The van der Waals surface area contributed by atoms with Crippen LogP contribution in [0.25, 0.3) is 0 Å². The number of esters is 1. The van der Waals surface area contributed by atoms with Crippen LogP contribution in [0, 0.1) is 5.82 Å². The van der Waals surface area contributed by atoms with Crippen molar-refractivity contribution in [3.05, 3.63) is 51.7 Å². The maximum Gasteiger partial charge on any atom is 0.341 e. The first-order valence-corrected chi connectivity index (χ1v) is 8.62. The number of thiophene rings is 1. The molecule has 0 spiro atoms. The highest BCUT2D eigenvalue weighted by molar-refractivity contribution is 7.16. The van der Waals surface area contributed by atoms with Gasteiger partial charge in [0.1, 0.15) is 10.8 Å². The van der Waals surface area contributed by atoms with Gasteiger partial charge in [-0.25, -0.2) is 14.2 Å². The van der Waals surface area contributed by atoms with E-state index in [1.165, 1.54) is 17.0 Å². The molecule has 3 rings (SSSR count). The maximum atomic E-state index is 13.0. The minimum absolute atomic E-state index is 0.277. The number of nitrogens with zero attached hydrogens (tertiary/aromatic N) is 1. The number of carbonyl (C=O) groups excluding carboxylic acids is 1. The van der Waals surface area contributed by atoms with Crippen molar-refractivity contribution in [2.45, 2.75) is 32.6 Å². The second-order valence-electron chi connectivity index (χ2n) is 5.42. The Balaban J connectivity index is 1.95. The third-order valence-corrected chi connectivity index (χ3v) is 5.03. The second kappa shape index (κ2) is 7.04. The van der Waals surface area contributed by atoms with E-state index in [0.29, 0.717) is 17.2 Å². The quantitative estimate of drug-likeness (QED) is 0.602. The van der Waals surface area contributed by atoms with Gasteiger partial charge in [-0.1, -0.05) is 12.1 Å². The van der Waals surface area contributed by atoms with E-state index >= 15 is 0 Å². The number of rotatable bonds is 4. The number of hydrogen-bond acceptors (Lipinski definition) is 4. The standard InChI is InChI=1S/C18H18FNO2S/c1-2-22-18(21)16-14-5-3-4-6-15(14)23-17(16)20-11-12-7-9-13(19)10-8-12/h7-11H,2-6H2,1H3/b20-11+. The van der Waals surface area contributed by atoms with E-state index in [2.05, 4.69) is 4.99 Å². The lowest BCUT2D eigenvalue weighted by atomic mass is 9.95. The molecule has 0 fully saturated rings. The fourth-order valence-corrected chi connectivity index (χ4v) is 3.96. The van der Waals surface area contributed by atoms with Crippen LogP contribution in [0.1, 0.15) is 46.1 Å². The lowest BCUT2D eigenvalue weighted by Gasteiger charge is -2.11. The molecule has 5 heteroatoms. The SMILES string of the molecule is CCOC(=O)c1c(/N=C/c2ccc(F)cc2)sc2c1CCCC2. The van der Waals surface area contributed by atoms with Crippen LogP contribution < -0.4 is 0 Å². The monoisotopic (exact) mass is 331 g/mol. The van der Waals surface area contributed by atoms with Crippen molar-refractivity contribution >= 4 is 28.5 Å². The average molecular weight is 331 g/mol. The van der Waals surface area contributed by atoms with Crippen molar-refractivity contribution in [2.24, 2.45) is 4.99 Å². The highest BCUT2D eigenvalue weighted by Crippen LogP contribution is 2.40. The molecule has 0 saturated heterocycles. The maximum absolute atomic E-state index is 13.0. The first-order chi connectivity index (χ1) is 11.2. The Morgan fingerprint density at radius 1 is 1.30 bits per heavy atom. The molecule has 0 atom stereocenters. The van der Waals surface area contributed by atoms with Crippen LogP contribution in [0.5, 0.6) is 0 Å². The van der Waals surface area contributed by atoms with Gasteiger partial charge in [-0.15, -0.1) is 11.3 Å². The second-order valence-corrected chi connectivity index (χ2v) is 6.50. The van der Waals surface area contributed by atoms with Gasteiger partial charge in [0, 0.05) is 11.1 Å². The van der Waals surface area contributed by atoms with Gasteiger partial charge in [-0.2, -0.15) is 0 Å². The van der Waals surface area contributed by atoms with Crippen LogP contribution in [-0.4, -0.2) is 18.8 Å². The molecule has 1 aliphatic rings. The molecule has 1 aromatic carbocycles. The molecule has 120 valence electrons. The fourth-order valence-electron chi connectivity index (χ4n) is 2.74. The Hall–Kier alpha value is -2.01. The molecule has 1 aliphatic carbocycles. The highest BCUT2D eigenvalue weighted by Gasteiger charge is 2.25. The van der Waals surface area contributed by atoms with Gasteiger partial charge in [0.2, 0.25) is 0 Å². The number of hydrogen-bond donors (Lipinski definition) is 0. The van der Waals surface area contributed by atoms with Crippen LogP contribution in [0.3, 0.4) is 0 Å². The molecule has 1 aromatic heterocycles. The van der Waals surface area contributed by atoms with E-state index in [-0.39, 0.29) is 11.8 Å². The molecular formula is C18H18FNO2S. The van der Waals surface area contributed by atoms with Crippen molar-refractivity contribution in [3.63, 3.8) is 0 Å². The summed E-state index contributed by atoms with van der Waals surface area (Å²) in [6.07, 6.45) is 5.82. The lowest BCUT2D eigenvalue weighted by molar-refractivity contribution is 0.0526. The zero-order chi connectivity index (χ0) is 16.2. The summed E-state index contributed by atoms with van der Waals surface area (Å²) in [7, 11) is 0. The summed E-state index contributed by atoms with van der Waals surface area (Å²) in [5, 5.41) is 0.694. The van der Waals surface area contributed by atoms with Crippen LogP contribution in [-0.2, 0) is 17.6 Å². The average Bonchev–Trinajstić information content (AvgIpc) is 2.93. The smallest absolute Gasteiger partial charge is 0.341 e. The predicted octanol–water partition coefficient (Wildman–Crippen LogP) is 4.69. The van der Waals surface area contributed by atoms with Crippen LogP contribution in [0.4, 0.5) is 9.39 Å². The minimum Gasteiger partial charge on any atom is -0.462 e. The highest BCUT2D eigenvalue weighted by atomic mass is 32.1. The topological polar surface area (TPSA) is 38.7 Å². The van der Waals surface area contributed by atoms with Gasteiger partial charge in [-0.3, -0.25) is 0 Å². The predicted molar refractivity (Wildman–Crippen MR) is 90.6 cm³/mol. The Morgan fingerprint density at radius 2 is 2.04 bits per heavy atom. The zero-order valence-electron chi connectivity index (χ0n) is 13.0. The minimum atomic E-state index is -0.293. The summed E-state index contributed by atoms with van der Waals surface area (Å²) in [6, 6.07) is 6.12. The summed E-state index contributed by atoms with van der Waals surface area (Å²) in [4.78, 5) is 18.0. The molecule has 0 amide bonds. The Bertz CT molecular complexity index is 734. The first-order valence-electron chi connectivity index (χ1n) is 7.80. The molecule has 0 aliphatic heterocycles. The largest absolute Gasteiger partial charge is 0.462 e. The van der Waals surface area contributed by atoms with Crippen molar-refractivity contribution < 1.29 is 13.9 Å². The molecule has 0 unspecified atom stereocenters. The number of aliphatic imine (C=N–C) groups is 1. The molecule has 0 N–H and O–H groups in total. The van der Waals surface area contributed by atoms with E-state index in [9.17, 15) is 9.18 Å². The Kier molecular flexibility index (Phi) is 4.86. The summed E-state index contributed by atoms with van der Waals surface area (Å²) < 4.78 is 18.2. The van der Waals surface area contributed by atoms with Crippen LogP contribution in [0.15, 0.2) is 29.3 Å². The third kappa shape index (κ3) is 3.50.